The maximum atomic E-state index is 13.5. The number of piperidine rings is 1. The second-order valence-electron chi connectivity index (χ2n) is 9.97. The average Bonchev–Trinajstić information content (AvgIpc) is 2.58. The van der Waals surface area contributed by atoms with Gasteiger partial charge in [0.05, 0.1) is 11.3 Å². The molecule has 30 heavy (non-hydrogen) atoms. The fourth-order valence-electron chi connectivity index (χ4n) is 4.29. The van der Waals surface area contributed by atoms with Crippen LogP contribution in [0.4, 0.5) is 10.5 Å². The smallest absolute Gasteiger partial charge is 0.410 e. The number of carbonyl (C=O) groups excluding carboxylic acids is 2. The van der Waals surface area contributed by atoms with Crippen molar-refractivity contribution < 1.29 is 14.3 Å². The van der Waals surface area contributed by atoms with Crippen molar-refractivity contribution in [2.45, 2.75) is 70.9 Å². The van der Waals surface area contributed by atoms with Gasteiger partial charge in [-0.3, -0.25) is 9.69 Å². The number of hydrogen-bond acceptors (Lipinski definition) is 5. The molecule has 166 valence electrons. The van der Waals surface area contributed by atoms with Gasteiger partial charge in [0.2, 0.25) is 0 Å². The molecule has 1 saturated heterocycles. The van der Waals surface area contributed by atoms with Crippen molar-refractivity contribution in [2.24, 2.45) is 0 Å². The highest BCUT2D eigenvalue weighted by Crippen LogP contribution is 2.37. The molecule has 2 aliphatic heterocycles. The molecule has 2 heterocycles. The first-order chi connectivity index (χ1) is 13.8. The van der Waals surface area contributed by atoms with Crippen LogP contribution in [-0.4, -0.2) is 70.8 Å². The second kappa shape index (κ2) is 8.04. The van der Waals surface area contributed by atoms with Crippen LogP contribution in [0.25, 0.3) is 0 Å². The number of likely N-dealkylation sites (tertiary alicyclic amines) is 1. The molecule has 0 radical (unpaired) electrons. The summed E-state index contributed by atoms with van der Waals surface area (Å²) < 4.78 is 6.54. The third-order valence-electron chi connectivity index (χ3n) is 5.64. The van der Waals surface area contributed by atoms with E-state index in [9.17, 15) is 9.59 Å². The van der Waals surface area contributed by atoms with Gasteiger partial charge in [-0.25, -0.2) is 4.79 Å². The zero-order valence-corrected chi connectivity index (χ0v) is 20.5. The van der Waals surface area contributed by atoms with Crippen LogP contribution < -0.4 is 5.32 Å². The Balaban J connectivity index is 1.85. The first-order valence-electron chi connectivity index (χ1n) is 10.4. The van der Waals surface area contributed by atoms with Crippen LogP contribution in [0, 0.1) is 0 Å². The number of ether oxygens (including phenoxy) is 1. The van der Waals surface area contributed by atoms with Crippen LogP contribution in [0.3, 0.4) is 0 Å². The predicted octanol–water partition coefficient (Wildman–Crippen LogP) is 4.34. The molecule has 0 spiro atoms. The zero-order valence-electron chi connectivity index (χ0n) is 19.0. The SMILES string of the molecule is CN(C)C1Nc2cc(Br)ccc2C(=O)N1C1CCN(C(=O)OC(C)(C)C)C(C)(C)C1. The molecule has 0 saturated carbocycles. The minimum absolute atomic E-state index is 0.00267. The van der Waals surface area contributed by atoms with E-state index in [1.807, 2.05) is 76.7 Å². The van der Waals surface area contributed by atoms with Crippen LogP contribution in [0.5, 0.6) is 0 Å². The van der Waals surface area contributed by atoms with E-state index in [1.165, 1.54) is 0 Å². The van der Waals surface area contributed by atoms with Gasteiger partial charge < -0.3 is 19.9 Å². The molecule has 7 nitrogen and oxygen atoms in total. The van der Waals surface area contributed by atoms with Gasteiger partial charge in [0.15, 0.2) is 6.29 Å². The second-order valence-corrected chi connectivity index (χ2v) is 10.9. The van der Waals surface area contributed by atoms with E-state index < -0.39 is 11.1 Å². The number of anilines is 1. The van der Waals surface area contributed by atoms with Crippen LogP contribution in [0.1, 0.15) is 57.8 Å². The van der Waals surface area contributed by atoms with Gasteiger partial charge in [0, 0.05) is 22.6 Å². The fraction of sp³-hybridized carbons (Fsp3) is 0.636. The minimum Gasteiger partial charge on any atom is -0.444 e. The van der Waals surface area contributed by atoms with E-state index in [4.69, 9.17) is 4.74 Å². The van der Waals surface area contributed by atoms with E-state index in [2.05, 4.69) is 21.2 Å². The lowest BCUT2D eigenvalue weighted by atomic mass is 9.85. The number of nitrogens with zero attached hydrogens (tertiary/aromatic N) is 3. The first-order valence-corrected chi connectivity index (χ1v) is 11.2. The number of halogens is 1. The van der Waals surface area contributed by atoms with E-state index in [0.717, 1.165) is 10.2 Å². The number of benzene rings is 1. The van der Waals surface area contributed by atoms with E-state index >= 15 is 0 Å². The molecule has 1 aromatic rings. The number of rotatable bonds is 2. The Labute approximate surface area is 187 Å². The van der Waals surface area contributed by atoms with Crippen molar-refractivity contribution in [3.8, 4) is 0 Å². The summed E-state index contributed by atoms with van der Waals surface area (Å²) in [5.74, 6) is 0.0152. The third kappa shape index (κ3) is 4.59. The first kappa shape index (κ1) is 22.9. The Kier molecular flexibility index (Phi) is 6.13. The molecular weight excluding hydrogens is 448 g/mol. The van der Waals surface area contributed by atoms with Crippen molar-refractivity contribution in [1.29, 1.82) is 0 Å². The maximum Gasteiger partial charge on any atom is 0.410 e. The number of amides is 2. The molecular formula is C22H33BrN4O3. The number of carbonyl (C=O) groups is 2. The minimum atomic E-state index is -0.537. The standard InChI is InChI=1S/C22H33BrN4O3/c1-21(2,3)30-20(29)26-11-10-15(13-22(26,4)5)27-18(28)16-9-8-14(23)12-17(16)24-19(27)25(6)7/h8-9,12,15,19,24H,10-11,13H2,1-7H3. The molecule has 2 amide bonds. The van der Waals surface area contributed by atoms with Gasteiger partial charge in [-0.05, 0) is 79.8 Å². The highest BCUT2D eigenvalue weighted by atomic mass is 79.9. The summed E-state index contributed by atoms with van der Waals surface area (Å²) in [4.78, 5) is 32.0. The van der Waals surface area contributed by atoms with E-state index in [-0.39, 0.29) is 24.3 Å². The van der Waals surface area contributed by atoms with Crippen molar-refractivity contribution in [2.75, 3.05) is 26.0 Å². The number of hydrogen-bond donors (Lipinski definition) is 1. The third-order valence-corrected chi connectivity index (χ3v) is 6.14. The van der Waals surface area contributed by atoms with Crippen LogP contribution in [-0.2, 0) is 4.74 Å². The topological polar surface area (TPSA) is 65.1 Å². The van der Waals surface area contributed by atoms with Crippen molar-refractivity contribution in [1.82, 2.24) is 14.7 Å². The normalized spacial score (nSPS) is 23.8. The fourth-order valence-corrected chi connectivity index (χ4v) is 4.65. The van der Waals surface area contributed by atoms with Gasteiger partial charge in [0.25, 0.3) is 5.91 Å². The molecule has 1 N–H and O–H groups in total. The summed E-state index contributed by atoms with van der Waals surface area (Å²) >= 11 is 3.49. The summed E-state index contributed by atoms with van der Waals surface area (Å²) in [6.07, 6.45) is 0.823. The van der Waals surface area contributed by atoms with E-state index in [1.54, 1.807) is 4.90 Å². The highest BCUT2D eigenvalue weighted by Gasteiger charge is 2.45. The van der Waals surface area contributed by atoms with Gasteiger partial charge in [-0.1, -0.05) is 15.9 Å². The Bertz CT molecular complexity index is 834. The molecule has 8 heteroatoms. The summed E-state index contributed by atoms with van der Waals surface area (Å²) in [5, 5.41) is 3.50. The Morgan fingerprint density at radius 1 is 1.30 bits per heavy atom. The van der Waals surface area contributed by atoms with Crippen molar-refractivity contribution >= 4 is 33.6 Å². The molecule has 2 unspecified atom stereocenters. The summed E-state index contributed by atoms with van der Waals surface area (Å²) in [5.41, 5.74) is 0.533. The Morgan fingerprint density at radius 3 is 2.53 bits per heavy atom. The maximum absolute atomic E-state index is 13.5. The van der Waals surface area contributed by atoms with Gasteiger partial charge in [-0.15, -0.1) is 0 Å². The van der Waals surface area contributed by atoms with Gasteiger partial charge in [0.1, 0.15) is 5.60 Å². The Hall–Kier alpha value is -1.80. The highest BCUT2D eigenvalue weighted by molar-refractivity contribution is 9.10. The van der Waals surface area contributed by atoms with Gasteiger partial charge in [-0.2, -0.15) is 0 Å². The molecule has 2 aliphatic rings. The summed E-state index contributed by atoms with van der Waals surface area (Å²) in [6.45, 7) is 10.3. The molecule has 3 rings (SSSR count). The molecule has 1 aromatic carbocycles. The summed E-state index contributed by atoms with van der Waals surface area (Å²) in [6, 6.07) is 5.69. The molecule has 1 fully saturated rings. The van der Waals surface area contributed by atoms with Crippen LogP contribution in [0.15, 0.2) is 22.7 Å². The lowest BCUT2D eigenvalue weighted by Gasteiger charge is -2.51. The Morgan fingerprint density at radius 2 is 1.97 bits per heavy atom. The largest absolute Gasteiger partial charge is 0.444 e. The van der Waals surface area contributed by atoms with Crippen LogP contribution in [0.2, 0.25) is 0 Å². The monoisotopic (exact) mass is 480 g/mol. The quantitative estimate of drug-likeness (QED) is 0.681. The predicted molar refractivity (Wildman–Crippen MR) is 121 cm³/mol. The molecule has 2 atom stereocenters. The molecule has 0 aliphatic carbocycles. The lowest BCUT2D eigenvalue weighted by molar-refractivity contribution is -0.0315. The van der Waals surface area contributed by atoms with Gasteiger partial charge >= 0.3 is 6.09 Å². The van der Waals surface area contributed by atoms with Crippen LogP contribution >= 0.6 is 15.9 Å². The summed E-state index contributed by atoms with van der Waals surface area (Å²) in [7, 11) is 3.92. The number of fused-ring (bicyclic) bond motifs is 1. The average molecular weight is 481 g/mol. The van der Waals surface area contributed by atoms with Crippen molar-refractivity contribution in [3.63, 3.8) is 0 Å². The molecule has 0 bridgehead atoms. The zero-order chi connectivity index (χ0) is 22.4. The van der Waals surface area contributed by atoms with E-state index in [0.29, 0.717) is 24.9 Å². The molecule has 0 aromatic heterocycles. The lowest BCUT2D eigenvalue weighted by Crippen LogP contribution is -2.64. The number of nitrogens with one attached hydrogen (secondary N) is 1. The van der Waals surface area contributed by atoms with Crippen molar-refractivity contribution in [3.05, 3.63) is 28.2 Å².